The third-order valence-electron chi connectivity index (χ3n) is 6.92. The number of hydrogen-bond donors (Lipinski definition) is 1. The van der Waals surface area contributed by atoms with E-state index >= 15 is 0 Å². The van der Waals surface area contributed by atoms with Crippen molar-refractivity contribution in [2.75, 3.05) is 50.0 Å². The fourth-order valence-electron chi connectivity index (χ4n) is 4.90. The smallest absolute Gasteiger partial charge is 0.253 e. The molecule has 2 aromatic carbocycles. The van der Waals surface area contributed by atoms with Crippen molar-refractivity contribution in [1.29, 1.82) is 0 Å². The maximum atomic E-state index is 13.3. The molecule has 0 radical (unpaired) electrons. The van der Waals surface area contributed by atoms with Crippen LogP contribution in [0.2, 0.25) is 0 Å². The van der Waals surface area contributed by atoms with Crippen LogP contribution in [0.4, 0.5) is 11.4 Å². The van der Waals surface area contributed by atoms with Gasteiger partial charge in [0.05, 0.1) is 6.33 Å². The summed E-state index contributed by atoms with van der Waals surface area (Å²) in [6.45, 7) is 4.37. The molecule has 8 nitrogen and oxygen atoms in total. The summed E-state index contributed by atoms with van der Waals surface area (Å²) in [5.74, 6) is -0.128. The van der Waals surface area contributed by atoms with Gasteiger partial charge in [-0.05, 0) is 55.8 Å². The van der Waals surface area contributed by atoms with Crippen LogP contribution in [0.15, 0.2) is 67.3 Å². The zero-order valence-corrected chi connectivity index (χ0v) is 20.1. The number of carbonyl (C=O) groups excluding carboxylic acids is 2. The Morgan fingerprint density at radius 1 is 1.03 bits per heavy atom. The summed E-state index contributed by atoms with van der Waals surface area (Å²) in [5.41, 5.74) is 3.62. The Morgan fingerprint density at radius 2 is 1.86 bits per heavy atom. The van der Waals surface area contributed by atoms with E-state index in [1.807, 2.05) is 65.2 Å². The minimum absolute atomic E-state index is 0.0422. The number of rotatable bonds is 6. The first-order valence-corrected chi connectivity index (χ1v) is 12.3. The van der Waals surface area contributed by atoms with E-state index in [0.29, 0.717) is 31.7 Å². The normalized spacial score (nSPS) is 18.6. The molecule has 2 amide bonds. The van der Waals surface area contributed by atoms with Gasteiger partial charge in [0.15, 0.2) is 0 Å². The van der Waals surface area contributed by atoms with Crippen LogP contribution in [0.1, 0.15) is 28.8 Å². The maximum absolute atomic E-state index is 13.3. The molecule has 3 aromatic rings. The van der Waals surface area contributed by atoms with Gasteiger partial charge in [-0.3, -0.25) is 14.5 Å². The monoisotopic (exact) mass is 472 g/mol. The number of carbonyl (C=O) groups is 2. The molecule has 182 valence electrons. The van der Waals surface area contributed by atoms with Gasteiger partial charge in [0.1, 0.15) is 6.04 Å². The molecular formula is C27H32N6O2. The van der Waals surface area contributed by atoms with Gasteiger partial charge in [-0.1, -0.05) is 18.2 Å². The van der Waals surface area contributed by atoms with E-state index in [1.54, 1.807) is 17.4 Å². The van der Waals surface area contributed by atoms with Crippen LogP contribution >= 0.6 is 0 Å². The Balaban J connectivity index is 1.25. The largest absolute Gasteiger partial charge is 0.371 e. The maximum Gasteiger partial charge on any atom is 0.253 e. The van der Waals surface area contributed by atoms with Crippen LogP contribution in [-0.2, 0) is 11.3 Å². The number of nitrogens with zero attached hydrogens (tertiary/aromatic N) is 5. The molecule has 1 aromatic heterocycles. The predicted octanol–water partition coefficient (Wildman–Crippen LogP) is 2.93. The first kappa shape index (κ1) is 23.1. The Kier molecular flexibility index (Phi) is 6.81. The number of piperazine rings is 1. The molecule has 2 aliphatic rings. The third-order valence-corrected chi connectivity index (χ3v) is 6.92. The van der Waals surface area contributed by atoms with Crippen LogP contribution in [0.3, 0.4) is 0 Å². The van der Waals surface area contributed by atoms with Gasteiger partial charge in [-0.15, -0.1) is 0 Å². The SMILES string of the molecule is CN1CCN(C(=O)c2cccc(Cn3ccnc3)c2)C[C@@H]1C(=O)Nc1cccc(N2CCCC2)c1. The lowest BCUT2D eigenvalue weighted by atomic mass is 10.1. The molecule has 2 saturated heterocycles. The zero-order chi connectivity index (χ0) is 24.2. The van der Waals surface area contributed by atoms with Gasteiger partial charge in [-0.2, -0.15) is 0 Å². The molecule has 0 spiro atoms. The predicted molar refractivity (Wildman–Crippen MR) is 137 cm³/mol. The van der Waals surface area contributed by atoms with Crippen LogP contribution in [0.5, 0.6) is 0 Å². The molecule has 35 heavy (non-hydrogen) atoms. The summed E-state index contributed by atoms with van der Waals surface area (Å²) in [5, 5.41) is 3.09. The minimum atomic E-state index is -0.405. The number of benzene rings is 2. The number of likely N-dealkylation sites (N-methyl/N-ethyl adjacent to an activating group) is 1. The number of imidazole rings is 1. The fraction of sp³-hybridized carbons (Fsp3) is 0.370. The average Bonchev–Trinajstić information content (AvgIpc) is 3.59. The van der Waals surface area contributed by atoms with Crippen molar-refractivity contribution in [3.05, 3.63) is 78.4 Å². The lowest BCUT2D eigenvalue weighted by molar-refractivity contribution is -0.122. The van der Waals surface area contributed by atoms with Crippen molar-refractivity contribution < 1.29 is 9.59 Å². The summed E-state index contributed by atoms with van der Waals surface area (Å²) >= 11 is 0. The number of amides is 2. The van der Waals surface area contributed by atoms with E-state index in [9.17, 15) is 9.59 Å². The van der Waals surface area contributed by atoms with E-state index in [1.165, 1.54) is 12.8 Å². The van der Waals surface area contributed by atoms with E-state index in [4.69, 9.17) is 0 Å². The second-order valence-electron chi connectivity index (χ2n) is 9.42. The molecule has 0 saturated carbocycles. The first-order chi connectivity index (χ1) is 17.1. The number of nitrogens with one attached hydrogen (secondary N) is 1. The van der Waals surface area contributed by atoms with Crippen LogP contribution in [0.25, 0.3) is 0 Å². The summed E-state index contributed by atoms with van der Waals surface area (Å²) in [6.07, 6.45) is 7.82. The third kappa shape index (κ3) is 5.38. The summed E-state index contributed by atoms with van der Waals surface area (Å²) in [7, 11) is 1.94. The highest BCUT2D eigenvalue weighted by Crippen LogP contribution is 2.24. The minimum Gasteiger partial charge on any atom is -0.371 e. The van der Waals surface area contributed by atoms with Gasteiger partial charge >= 0.3 is 0 Å². The summed E-state index contributed by atoms with van der Waals surface area (Å²) < 4.78 is 1.97. The number of aromatic nitrogens is 2. The lowest BCUT2D eigenvalue weighted by Crippen LogP contribution is -2.57. The fourth-order valence-corrected chi connectivity index (χ4v) is 4.90. The van der Waals surface area contributed by atoms with Gasteiger partial charge in [0, 0.05) is 68.6 Å². The topological polar surface area (TPSA) is 73.7 Å². The van der Waals surface area contributed by atoms with E-state index in [-0.39, 0.29) is 11.8 Å². The van der Waals surface area contributed by atoms with Crippen LogP contribution in [0, 0.1) is 0 Å². The van der Waals surface area contributed by atoms with Gasteiger partial charge in [-0.25, -0.2) is 4.98 Å². The molecule has 0 unspecified atom stereocenters. The highest BCUT2D eigenvalue weighted by Gasteiger charge is 2.32. The Hall–Kier alpha value is -3.65. The Labute approximate surface area is 206 Å². The number of anilines is 2. The van der Waals surface area contributed by atoms with Gasteiger partial charge in [0.2, 0.25) is 5.91 Å². The molecule has 2 aliphatic heterocycles. The quantitative estimate of drug-likeness (QED) is 0.597. The zero-order valence-electron chi connectivity index (χ0n) is 20.1. The van der Waals surface area contributed by atoms with E-state index in [2.05, 4.69) is 21.3 Å². The summed E-state index contributed by atoms with van der Waals surface area (Å²) in [4.78, 5) is 36.8. The van der Waals surface area contributed by atoms with Crippen LogP contribution in [-0.4, -0.2) is 77.0 Å². The van der Waals surface area contributed by atoms with E-state index < -0.39 is 6.04 Å². The molecule has 2 fully saturated rings. The molecule has 8 heteroatoms. The molecule has 0 aliphatic carbocycles. The lowest BCUT2D eigenvalue weighted by Gasteiger charge is -2.38. The van der Waals surface area contributed by atoms with Crippen LogP contribution < -0.4 is 10.2 Å². The first-order valence-electron chi connectivity index (χ1n) is 12.3. The van der Waals surface area contributed by atoms with Crippen molar-refractivity contribution in [1.82, 2.24) is 19.4 Å². The Morgan fingerprint density at radius 3 is 2.66 bits per heavy atom. The standard InChI is InChI=1S/C27H32N6O2/c1-30-14-15-33(27(35)22-7-4-6-21(16-22)18-31-13-10-28-20-31)19-25(30)26(34)29-23-8-5-9-24(17-23)32-11-2-3-12-32/h4-10,13,16-17,20,25H,2-3,11-12,14-15,18-19H2,1H3,(H,29,34)/t25-/m1/s1. The molecular weight excluding hydrogens is 440 g/mol. The van der Waals surface area contributed by atoms with Crippen molar-refractivity contribution in [3.8, 4) is 0 Å². The van der Waals surface area contributed by atoms with Gasteiger partial charge < -0.3 is 19.7 Å². The number of hydrogen-bond acceptors (Lipinski definition) is 5. The Bertz CT molecular complexity index is 1170. The highest BCUT2D eigenvalue weighted by molar-refractivity contribution is 5.98. The molecule has 0 bridgehead atoms. The second-order valence-corrected chi connectivity index (χ2v) is 9.42. The van der Waals surface area contributed by atoms with Crippen molar-refractivity contribution >= 4 is 23.2 Å². The molecule has 1 atom stereocenters. The second kappa shape index (κ2) is 10.3. The van der Waals surface area contributed by atoms with E-state index in [0.717, 1.165) is 30.0 Å². The van der Waals surface area contributed by atoms with Crippen molar-refractivity contribution in [2.45, 2.75) is 25.4 Å². The molecule has 1 N–H and O–H groups in total. The van der Waals surface area contributed by atoms with Gasteiger partial charge in [0.25, 0.3) is 5.91 Å². The highest BCUT2D eigenvalue weighted by atomic mass is 16.2. The molecule has 5 rings (SSSR count). The summed E-state index contributed by atoms with van der Waals surface area (Å²) in [6, 6.07) is 15.3. The van der Waals surface area contributed by atoms with Crippen molar-refractivity contribution in [2.24, 2.45) is 0 Å². The van der Waals surface area contributed by atoms with Crippen molar-refractivity contribution in [3.63, 3.8) is 0 Å². The average molecular weight is 473 g/mol. The molecule has 3 heterocycles.